The van der Waals surface area contributed by atoms with Gasteiger partial charge in [0.25, 0.3) is 5.91 Å². The van der Waals surface area contributed by atoms with Gasteiger partial charge in [-0.2, -0.15) is 0 Å². The Hall–Kier alpha value is -2.33. The van der Waals surface area contributed by atoms with E-state index in [-0.39, 0.29) is 12.0 Å². The third-order valence-corrected chi connectivity index (χ3v) is 4.69. The Morgan fingerprint density at radius 1 is 0.923 bits per heavy atom. The molecule has 4 nitrogen and oxygen atoms in total. The van der Waals surface area contributed by atoms with Crippen LogP contribution in [0.3, 0.4) is 0 Å². The summed E-state index contributed by atoms with van der Waals surface area (Å²) in [5.74, 6) is 1.06. The van der Waals surface area contributed by atoms with Crippen molar-refractivity contribution in [1.29, 1.82) is 0 Å². The summed E-state index contributed by atoms with van der Waals surface area (Å²) in [6, 6.07) is 17.7. The number of carbonyl (C=O) groups is 1. The van der Waals surface area contributed by atoms with Gasteiger partial charge in [0.05, 0.1) is 0 Å². The molecule has 1 aliphatic heterocycles. The quantitative estimate of drug-likeness (QED) is 0.643. The third kappa shape index (κ3) is 5.60. The molecule has 3 rings (SSSR count). The second kappa shape index (κ2) is 9.97. The molecular formula is C22H28N2O2. The van der Waals surface area contributed by atoms with Crippen LogP contribution in [-0.4, -0.2) is 31.6 Å². The summed E-state index contributed by atoms with van der Waals surface area (Å²) in [6.45, 7) is 2.67. The summed E-state index contributed by atoms with van der Waals surface area (Å²) in [5, 5.41) is 6.47. The minimum Gasteiger partial charge on any atom is -0.488 e. The van der Waals surface area contributed by atoms with Gasteiger partial charge in [0.1, 0.15) is 11.9 Å². The second-order valence-corrected chi connectivity index (χ2v) is 6.79. The predicted molar refractivity (Wildman–Crippen MR) is 105 cm³/mol. The van der Waals surface area contributed by atoms with E-state index in [1.807, 2.05) is 42.5 Å². The van der Waals surface area contributed by atoms with E-state index in [0.717, 1.165) is 56.6 Å². The number of para-hydroxylation sites is 1. The number of carbonyl (C=O) groups excluding carboxylic acids is 1. The minimum absolute atomic E-state index is 0.0184. The molecule has 0 radical (unpaired) electrons. The van der Waals surface area contributed by atoms with Gasteiger partial charge in [-0.3, -0.25) is 4.79 Å². The molecule has 0 bridgehead atoms. The number of fused-ring (bicyclic) bond motifs is 1. The van der Waals surface area contributed by atoms with Gasteiger partial charge in [0.2, 0.25) is 0 Å². The predicted octanol–water partition coefficient (Wildman–Crippen LogP) is 3.57. The van der Waals surface area contributed by atoms with Crippen molar-refractivity contribution in [3.8, 4) is 5.75 Å². The molecule has 0 saturated heterocycles. The Morgan fingerprint density at radius 3 is 2.46 bits per heavy atom. The molecular weight excluding hydrogens is 324 g/mol. The molecule has 0 aliphatic carbocycles. The van der Waals surface area contributed by atoms with Crippen molar-refractivity contribution < 1.29 is 9.53 Å². The standard InChI is InChI=1S/C22H28N2O2/c25-22(18-10-4-3-5-11-18)24-15-9-2-1-8-14-23-17-20-16-19-12-6-7-13-21(19)26-20/h3-7,10-13,20,23H,1-2,8-9,14-17H2,(H,24,25). The van der Waals surface area contributed by atoms with Crippen LogP contribution in [0.25, 0.3) is 0 Å². The SMILES string of the molecule is O=C(NCCCCCCNCC1Cc2ccccc2O1)c1ccccc1. The zero-order valence-corrected chi connectivity index (χ0v) is 15.2. The van der Waals surface area contributed by atoms with Crippen molar-refractivity contribution >= 4 is 5.91 Å². The number of hydrogen-bond acceptors (Lipinski definition) is 3. The molecule has 2 aromatic carbocycles. The van der Waals surface area contributed by atoms with E-state index in [0.29, 0.717) is 0 Å². The summed E-state index contributed by atoms with van der Waals surface area (Å²) in [6.07, 6.45) is 5.78. The number of nitrogens with one attached hydrogen (secondary N) is 2. The van der Waals surface area contributed by atoms with Crippen LogP contribution in [0, 0.1) is 0 Å². The fourth-order valence-electron chi connectivity index (χ4n) is 3.25. The Morgan fingerprint density at radius 2 is 1.65 bits per heavy atom. The van der Waals surface area contributed by atoms with Gasteiger partial charge in [0.15, 0.2) is 0 Å². The topological polar surface area (TPSA) is 50.4 Å². The van der Waals surface area contributed by atoms with Gasteiger partial charge in [-0.25, -0.2) is 0 Å². The molecule has 1 heterocycles. The van der Waals surface area contributed by atoms with Crippen molar-refractivity contribution in [2.45, 2.75) is 38.2 Å². The monoisotopic (exact) mass is 352 g/mol. The first-order chi connectivity index (χ1) is 12.8. The highest BCUT2D eigenvalue weighted by molar-refractivity contribution is 5.94. The van der Waals surface area contributed by atoms with E-state index in [1.165, 1.54) is 12.0 Å². The number of rotatable bonds is 10. The number of amides is 1. The normalized spacial score (nSPS) is 15.3. The number of ether oxygens (including phenoxy) is 1. The third-order valence-electron chi connectivity index (χ3n) is 4.69. The highest BCUT2D eigenvalue weighted by Crippen LogP contribution is 2.27. The summed E-state index contributed by atoms with van der Waals surface area (Å²) in [5.41, 5.74) is 2.05. The summed E-state index contributed by atoms with van der Waals surface area (Å²) >= 11 is 0. The van der Waals surface area contributed by atoms with Crippen LogP contribution in [0.2, 0.25) is 0 Å². The fraction of sp³-hybridized carbons (Fsp3) is 0.409. The fourth-order valence-corrected chi connectivity index (χ4v) is 3.25. The zero-order valence-electron chi connectivity index (χ0n) is 15.2. The largest absolute Gasteiger partial charge is 0.488 e. The molecule has 138 valence electrons. The first-order valence-electron chi connectivity index (χ1n) is 9.61. The van der Waals surface area contributed by atoms with E-state index >= 15 is 0 Å². The van der Waals surface area contributed by atoms with Gasteiger partial charge in [-0.15, -0.1) is 0 Å². The van der Waals surface area contributed by atoms with Crippen molar-refractivity contribution in [1.82, 2.24) is 10.6 Å². The van der Waals surface area contributed by atoms with E-state index in [9.17, 15) is 4.79 Å². The van der Waals surface area contributed by atoms with Crippen molar-refractivity contribution in [3.63, 3.8) is 0 Å². The van der Waals surface area contributed by atoms with E-state index in [2.05, 4.69) is 22.8 Å². The molecule has 0 spiro atoms. The van der Waals surface area contributed by atoms with Crippen LogP contribution in [0.5, 0.6) is 5.75 Å². The Balaban J connectivity index is 1.16. The molecule has 1 amide bonds. The molecule has 1 atom stereocenters. The first-order valence-corrected chi connectivity index (χ1v) is 9.61. The van der Waals surface area contributed by atoms with E-state index in [1.54, 1.807) is 0 Å². The smallest absolute Gasteiger partial charge is 0.251 e. The van der Waals surface area contributed by atoms with Crippen LogP contribution in [0.1, 0.15) is 41.6 Å². The van der Waals surface area contributed by atoms with E-state index in [4.69, 9.17) is 4.74 Å². The summed E-state index contributed by atoms with van der Waals surface area (Å²) in [4.78, 5) is 11.9. The lowest BCUT2D eigenvalue weighted by Crippen LogP contribution is -2.30. The molecule has 2 aromatic rings. The Kier molecular flexibility index (Phi) is 7.08. The highest BCUT2D eigenvalue weighted by atomic mass is 16.5. The maximum atomic E-state index is 11.9. The van der Waals surface area contributed by atoms with Gasteiger partial charge < -0.3 is 15.4 Å². The maximum absolute atomic E-state index is 11.9. The van der Waals surface area contributed by atoms with Crippen LogP contribution in [0.15, 0.2) is 54.6 Å². The average Bonchev–Trinajstić information content (AvgIpc) is 3.10. The van der Waals surface area contributed by atoms with Crippen LogP contribution >= 0.6 is 0 Å². The summed E-state index contributed by atoms with van der Waals surface area (Å²) < 4.78 is 5.92. The number of hydrogen-bond donors (Lipinski definition) is 2. The van der Waals surface area contributed by atoms with Crippen molar-refractivity contribution in [2.24, 2.45) is 0 Å². The molecule has 0 saturated carbocycles. The van der Waals surface area contributed by atoms with Gasteiger partial charge in [-0.1, -0.05) is 49.2 Å². The van der Waals surface area contributed by atoms with Crippen molar-refractivity contribution in [2.75, 3.05) is 19.6 Å². The molecule has 0 aromatic heterocycles. The van der Waals surface area contributed by atoms with E-state index < -0.39 is 0 Å². The van der Waals surface area contributed by atoms with Crippen LogP contribution in [0.4, 0.5) is 0 Å². The molecule has 0 fully saturated rings. The molecule has 4 heteroatoms. The van der Waals surface area contributed by atoms with Crippen LogP contribution in [-0.2, 0) is 6.42 Å². The molecule has 1 aliphatic rings. The molecule has 1 unspecified atom stereocenters. The zero-order chi connectivity index (χ0) is 18.0. The lowest BCUT2D eigenvalue weighted by atomic mass is 10.1. The molecule has 26 heavy (non-hydrogen) atoms. The lowest BCUT2D eigenvalue weighted by molar-refractivity contribution is 0.0953. The minimum atomic E-state index is 0.0184. The summed E-state index contributed by atoms with van der Waals surface area (Å²) in [7, 11) is 0. The van der Waals surface area contributed by atoms with Crippen LogP contribution < -0.4 is 15.4 Å². The maximum Gasteiger partial charge on any atom is 0.251 e. The highest BCUT2D eigenvalue weighted by Gasteiger charge is 2.21. The van der Waals surface area contributed by atoms with Gasteiger partial charge in [0, 0.05) is 25.1 Å². The number of unbranched alkanes of at least 4 members (excludes halogenated alkanes) is 3. The molecule has 2 N–H and O–H groups in total. The first kappa shape index (κ1) is 18.5. The second-order valence-electron chi connectivity index (χ2n) is 6.79. The van der Waals surface area contributed by atoms with Crippen molar-refractivity contribution in [3.05, 3.63) is 65.7 Å². The Labute approximate surface area is 156 Å². The number of benzene rings is 2. The average molecular weight is 352 g/mol. The van der Waals surface area contributed by atoms with Gasteiger partial charge in [-0.05, 0) is 43.1 Å². The van der Waals surface area contributed by atoms with Gasteiger partial charge >= 0.3 is 0 Å². The lowest BCUT2D eigenvalue weighted by Gasteiger charge is -2.11. The Bertz CT molecular complexity index is 663.